The monoisotopic (exact) mass is 458 g/mol. The van der Waals surface area contributed by atoms with Gasteiger partial charge in [0.2, 0.25) is 5.75 Å². The Bertz CT molecular complexity index is 912. The van der Waals surface area contributed by atoms with Crippen molar-refractivity contribution < 1.29 is 13.9 Å². The minimum Gasteiger partial charge on any atom is -0.490 e. The molecule has 2 rings (SSSR count). The smallest absolute Gasteiger partial charge is 0.265 e. The topological polar surface area (TPSA) is 52.6 Å². The first-order valence-corrected chi connectivity index (χ1v) is 14.4. The van der Waals surface area contributed by atoms with Gasteiger partial charge in [0.15, 0.2) is 8.32 Å². The number of ether oxygens (including phenoxy) is 2. The number of hydrogen-bond donors (Lipinski definition) is 1. The van der Waals surface area contributed by atoms with Crippen LogP contribution in [0.25, 0.3) is 0 Å². The van der Waals surface area contributed by atoms with Gasteiger partial charge in [0, 0.05) is 11.7 Å². The summed E-state index contributed by atoms with van der Waals surface area (Å²) >= 11 is 0. The van der Waals surface area contributed by atoms with Crippen LogP contribution in [0, 0.1) is 27.7 Å². The molecule has 0 aliphatic rings. The number of rotatable bonds is 9. The molecule has 1 aromatic heterocycles. The minimum absolute atomic E-state index is 0.163. The summed E-state index contributed by atoms with van der Waals surface area (Å²) in [5.41, 5.74) is 5.12. The number of hydrogen-bond acceptors (Lipinski definition) is 5. The van der Waals surface area contributed by atoms with E-state index in [1.54, 1.807) is 7.11 Å². The van der Waals surface area contributed by atoms with E-state index in [1.165, 1.54) is 5.56 Å². The number of anilines is 1. The number of aryl methyl sites for hydroxylation is 4. The van der Waals surface area contributed by atoms with E-state index < -0.39 is 8.32 Å². The van der Waals surface area contributed by atoms with Gasteiger partial charge in [-0.25, -0.2) is 4.98 Å². The molecule has 0 fully saturated rings. The first-order chi connectivity index (χ1) is 14.8. The van der Waals surface area contributed by atoms with E-state index in [0.29, 0.717) is 18.2 Å². The van der Waals surface area contributed by atoms with Crippen LogP contribution < -0.4 is 14.8 Å². The maximum absolute atomic E-state index is 6.48. The van der Waals surface area contributed by atoms with E-state index in [-0.39, 0.29) is 11.1 Å². The Labute approximate surface area is 196 Å². The second-order valence-electron chi connectivity index (χ2n) is 10.3. The van der Waals surface area contributed by atoms with Crippen LogP contribution in [0.3, 0.4) is 0 Å². The fourth-order valence-electron chi connectivity index (χ4n) is 3.44. The maximum atomic E-state index is 6.48. The molecule has 0 saturated heterocycles. The third kappa shape index (κ3) is 6.26. The third-order valence-corrected chi connectivity index (χ3v) is 10.9. The van der Waals surface area contributed by atoms with E-state index in [9.17, 15) is 0 Å². The number of pyridine rings is 1. The van der Waals surface area contributed by atoms with E-state index >= 15 is 0 Å². The van der Waals surface area contributed by atoms with Crippen molar-refractivity contribution in [1.82, 2.24) is 4.98 Å². The molecule has 0 spiro atoms. The number of nitrogens with one attached hydrogen (secondary N) is 1. The molecule has 1 heterocycles. The van der Waals surface area contributed by atoms with Crippen LogP contribution >= 0.6 is 0 Å². The molecule has 2 aromatic rings. The molecular formula is C26H42N2O3Si. The van der Waals surface area contributed by atoms with Gasteiger partial charge in [-0.15, -0.1) is 0 Å². The molecule has 1 atom stereocenters. The first-order valence-electron chi connectivity index (χ1n) is 11.5. The maximum Gasteiger partial charge on any atom is 0.265 e. The van der Waals surface area contributed by atoms with Crippen LogP contribution in [0.4, 0.5) is 5.69 Å². The lowest BCUT2D eigenvalue weighted by Crippen LogP contribution is -2.43. The Morgan fingerprint density at radius 2 is 1.59 bits per heavy atom. The quantitative estimate of drug-likeness (QED) is 0.399. The molecule has 0 amide bonds. The number of methoxy groups -OCH3 is 1. The van der Waals surface area contributed by atoms with Gasteiger partial charge in [-0.1, -0.05) is 45.4 Å². The first kappa shape index (κ1) is 26.2. The highest BCUT2D eigenvalue weighted by Crippen LogP contribution is 2.40. The highest BCUT2D eigenvalue weighted by molar-refractivity contribution is 6.74. The lowest BCUT2D eigenvalue weighted by Gasteiger charge is -2.37. The van der Waals surface area contributed by atoms with Crippen LogP contribution in [0.2, 0.25) is 18.1 Å². The summed E-state index contributed by atoms with van der Waals surface area (Å²) in [6, 6.07) is 6.41. The van der Waals surface area contributed by atoms with Crippen molar-refractivity contribution in [2.24, 2.45) is 0 Å². The Morgan fingerprint density at radius 3 is 2.09 bits per heavy atom. The van der Waals surface area contributed by atoms with Crippen molar-refractivity contribution in [3.63, 3.8) is 0 Å². The van der Waals surface area contributed by atoms with Gasteiger partial charge in [0.05, 0.1) is 19.4 Å². The van der Waals surface area contributed by atoms with Crippen molar-refractivity contribution >= 4 is 14.0 Å². The molecule has 32 heavy (non-hydrogen) atoms. The van der Waals surface area contributed by atoms with E-state index in [0.717, 1.165) is 34.7 Å². The SMILES string of the molecule is CCC(CO[Si](C)(C)C(C)(C)C)Nc1cc(C)nc(Oc2c(C)cc(C)cc2C)c1OC. The standard InChI is InChI=1S/C26H42N2O3Si/c1-12-21(16-30-32(10,11)26(6,7)8)28-22-15-20(5)27-25(24(22)29-9)31-23-18(3)13-17(2)14-19(23)4/h13-15,21H,12,16H2,1-11H3,(H,27,28). The van der Waals surface area contributed by atoms with Gasteiger partial charge >= 0.3 is 0 Å². The van der Waals surface area contributed by atoms with Crippen molar-refractivity contribution in [3.05, 3.63) is 40.6 Å². The Kier molecular flexibility index (Phi) is 8.40. The van der Waals surface area contributed by atoms with Gasteiger partial charge in [0.25, 0.3) is 5.88 Å². The van der Waals surface area contributed by atoms with E-state index in [1.807, 2.05) is 13.0 Å². The average molecular weight is 459 g/mol. The molecule has 0 aliphatic carbocycles. The van der Waals surface area contributed by atoms with Crippen LogP contribution in [0.15, 0.2) is 18.2 Å². The van der Waals surface area contributed by atoms with Gasteiger partial charge in [-0.3, -0.25) is 0 Å². The molecule has 0 saturated carbocycles. The predicted molar refractivity (Wildman–Crippen MR) is 137 cm³/mol. The van der Waals surface area contributed by atoms with Crippen molar-refractivity contribution in [2.45, 2.75) is 86.0 Å². The molecule has 1 aromatic carbocycles. The van der Waals surface area contributed by atoms with Crippen LogP contribution in [-0.2, 0) is 4.43 Å². The molecule has 6 heteroatoms. The second-order valence-corrected chi connectivity index (χ2v) is 15.1. The Balaban J connectivity index is 2.32. The molecule has 0 radical (unpaired) electrons. The Morgan fingerprint density at radius 1 is 1.00 bits per heavy atom. The minimum atomic E-state index is -1.82. The zero-order valence-corrected chi connectivity index (χ0v) is 22.9. The lowest BCUT2D eigenvalue weighted by atomic mass is 10.1. The molecule has 1 unspecified atom stereocenters. The summed E-state index contributed by atoms with van der Waals surface area (Å²) in [5.74, 6) is 1.91. The van der Waals surface area contributed by atoms with Crippen molar-refractivity contribution in [2.75, 3.05) is 19.0 Å². The van der Waals surface area contributed by atoms with Crippen molar-refractivity contribution in [3.8, 4) is 17.4 Å². The van der Waals surface area contributed by atoms with Gasteiger partial charge in [-0.05, 0) is 69.4 Å². The zero-order chi connectivity index (χ0) is 24.3. The fourth-order valence-corrected chi connectivity index (χ4v) is 4.49. The molecule has 0 aliphatic heterocycles. The highest BCUT2D eigenvalue weighted by Gasteiger charge is 2.37. The van der Waals surface area contributed by atoms with Gasteiger partial charge in [0.1, 0.15) is 5.75 Å². The summed E-state index contributed by atoms with van der Waals surface area (Å²) in [6.07, 6.45) is 0.936. The number of benzene rings is 1. The predicted octanol–water partition coefficient (Wildman–Crippen LogP) is 7.33. The van der Waals surface area contributed by atoms with Crippen LogP contribution in [-0.4, -0.2) is 33.1 Å². The molecule has 5 nitrogen and oxygen atoms in total. The molecule has 0 bridgehead atoms. The second kappa shape index (κ2) is 10.3. The summed E-state index contributed by atoms with van der Waals surface area (Å²) < 4.78 is 18.6. The van der Waals surface area contributed by atoms with Gasteiger partial charge in [-0.2, -0.15) is 0 Å². The highest BCUT2D eigenvalue weighted by atomic mass is 28.4. The van der Waals surface area contributed by atoms with Crippen LogP contribution in [0.5, 0.6) is 17.4 Å². The van der Waals surface area contributed by atoms with Gasteiger partial charge < -0.3 is 19.2 Å². The molecule has 178 valence electrons. The fraction of sp³-hybridized carbons (Fsp3) is 0.577. The summed E-state index contributed by atoms with van der Waals surface area (Å²) in [4.78, 5) is 4.64. The largest absolute Gasteiger partial charge is 0.490 e. The normalized spacial score (nSPS) is 13.1. The number of aromatic nitrogens is 1. The summed E-state index contributed by atoms with van der Waals surface area (Å²) in [6.45, 7) is 22.4. The third-order valence-electron chi connectivity index (χ3n) is 6.38. The van der Waals surface area contributed by atoms with Crippen LogP contribution in [0.1, 0.15) is 56.5 Å². The Hall–Kier alpha value is -2.05. The number of nitrogens with zero attached hydrogens (tertiary/aromatic N) is 1. The average Bonchev–Trinajstić information content (AvgIpc) is 2.66. The molecule has 1 N–H and O–H groups in total. The van der Waals surface area contributed by atoms with E-state index in [4.69, 9.17) is 13.9 Å². The lowest BCUT2D eigenvalue weighted by molar-refractivity contribution is 0.267. The summed E-state index contributed by atoms with van der Waals surface area (Å²) in [7, 11) is -0.162. The van der Waals surface area contributed by atoms with E-state index in [2.05, 4.69) is 84.0 Å². The molecular weight excluding hydrogens is 416 g/mol. The van der Waals surface area contributed by atoms with Crippen molar-refractivity contribution in [1.29, 1.82) is 0 Å². The zero-order valence-electron chi connectivity index (χ0n) is 21.9. The summed E-state index contributed by atoms with van der Waals surface area (Å²) in [5, 5.41) is 3.81.